The molecule has 0 aromatic carbocycles. The highest BCUT2D eigenvalue weighted by atomic mass is 32.1. The van der Waals surface area contributed by atoms with Gasteiger partial charge in [-0.1, -0.05) is 21.7 Å². The third kappa shape index (κ3) is 2.91. The summed E-state index contributed by atoms with van der Waals surface area (Å²) in [5, 5.41) is 17.4. The maximum atomic E-state index is 3.95. The van der Waals surface area contributed by atoms with Crippen molar-refractivity contribution in [3.05, 3.63) is 5.01 Å². The predicted molar refractivity (Wildman–Crippen MR) is 59.9 cm³/mol. The molecule has 0 radical (unpaired) electrons. The van der Waals surface area contributed by atoms with Crippen LogP contribution in [0.2, 0.25) is 0 Å². The van der Waals surface area contributed by atoms with Crippen LogP contribution in [0.15, 0.2) is 15.5 Å². The molecular weight excluding hydrogens is 254 g/mol. The second-order valence-corrected chi connectivity index (χ2v) is 4.63. The zero-order chi connectivity index (χ0) is 10.7. The molecule has 0 aliphatic carbocycles. The van der Waals surface area contributed by atoms with Gasteiger partial charge in [-0.15, -0.1) is 22.8 Å². The van der Waals surface area contributed by atoms with E-state index in [2.05, 4.69) is 47.9 Å². The molecule has 2 aromatic rings. The Hall–Kier alpha value is -1.13. The lowest BCUT2D eigenvalue weighted by atomic mass is 10.9. The van der Waals surface area contributed by atoms with Crippen molar-refractivity contribution in [1.82, 2.24) is 19.6 Å². The third-order valence-electron chi connectivity index (χ3n) is 1.21. The maximum Gasteiger partial charge on any atom is 0.251 e. The van der Waals surface area contributed by atoms with Crippen LogP contribution in [0.5, 0.6) is 0 Å². The number of thiol groups is 1. The molecule has 10 heteroatoms. The third-order valence-corrected chi connectivity index (χ3v) is 2.89. The number of rotatable bonds is 3. The Morgan fingerprint density at radius 1 is 1.40 bits per heavy atom. The van der Waals surface area contributed by atoms with Crippen molar-refractivity contribution >= 4 is 45.8 Å². The van der Waals surface area contributed by atoms with Crippen LogP contribution in [0.3, 0.4) is 0 Å². The molecule has 15 heavy (non-hydrogen) atoms. The summed E-state index contributed by atoms with van der Waals surface area (Å²) < 4.78 is 3.83. The van der Waals surface area contributed by atoms with E-state index in [0.717, 1.165) is 16.5 Å². The summed E-state index contributed by atoms with van der Waals surface area (Å²) in [5.74, 6) is 0. The number of nitrogens with one attached hydrogen (secondary N) is 1. The van der Waals surface area contributed by atoms with Crippen molar-refractivity contribution in [2.24, 2.45) is 10.3 Å². The zero-order valence-electron chi connectivity index (χ0n) is 7.45. The van der Waals surface area contributed by atoms with Gasteiger partial charge in [0, 0.05) is 11.5 Å². The molecule has 0 saturated carbocycles. The minimum absolute atomic E-state index is 0.390. The second-order valence-electron chi connectivity index (χ2n) is 2.31. The fourth-order valence-corrected chi connectivity index (χ4v) is 1.92. The molecule has 0 fully saturated rings. The monoisotopic (exact) mass is 259 g/mol. The molecule has 0 atom stereocenters. The van der Waals surface area contributed by atoms with Crippen LogP contribution in [-0.4, -0.2) is 19.6 Å². The van der Waals surface area contributed by atoms with Gasteiger partial charge in [-0.2, -0.15) is 9.36 Å². The van der Waals surface area contributed by atoms with Gasteiger partial charge >= 0.3 is 0 Å². The summed E-state index contributed by atoms with van der Waals surface area (Å²) in [4.78, 5) is 3.89. The van der Waals surface area contributed by atoms with Crippen LogP contribution in [0, 0.1) is 6.92 Å². The number of aryl methyl sites for hydroxylation is 1. The van der Waals surface area contributed by atoms with Crippen molar-refractivity contribution in [3.63, 3.8) is 0 Å². The van der Waals surface area contributed by atoms with Gasteiger partial charge in [-0.25, -0.2) is 5.43 Å². The number of hydrogen-bond donors (Lipinski definition) is 2. The molecule has 7 nitrogen and oxygen atoms in total. The molecule has 0 aliphatic rings. The Bertz CT molecular complexity index is 474. The standard InChI is InChI=1S/C5H5N7S3/c1-2-7-8-5(14-2)10-12-9-4-6-3(13)11-15-4/h1H3,(H2,6,8,9,10,11,13). The van der Waals surface area contributed by atoms with E-state index in [9.17, 15) is 0 Å². The first-order valence-corrected chi connectivity index (χ1v) is 5.77. The summed E-state index contributed by atoms with van der Waals surface area (Å²) in [6.07, 6.45) is 0. The van der Waals surface area contributed by atoms with Gasteiger partial charge in [-0.3, -0.25) is 0 Å². The van der Waals surface area contributed by atoms with E-state index in [4.69, 9.17) is 0 Å². The van der Waals surface area contributed by atoms with Crippen molar-refractivity contribution in [1.29, 1.82) is 0 Å². The highest BCUT2D eigenvalue weighted by molar-refractivity contribution is 7.80. The highest BCUT2D eigenvalue weighted by Crippen LogP contribution is 2.18. The van der Waals surface area contributed by atoms with E-state index in [1.54, 1.807) is 0 Å². The molecule has 2 aromatic heterocycles. The first-order valence-electron chi connectivity index (χ1n) is 3.73. The molecule has 0 bridgehead atoms. The van der Waals surface area contributed by atoms with Gasteiger partial charge in [0.2, 0.25) is 5.13 Å². The lowest BCUT2D eigenvalue weighted by Crippen LogP contribution is -1.84. The average Bonchev–Trinajstić information content (AvgIpc) is 2.76. The number of nitrogens with zero attached hydrogens (tertiary/aromatic N) is 6. The molecule has 0 aliphatic heterocycles. The van der Waals surface area contributed by atoms with E-state index < -0.39 is 0 Å². The topological polar surface area (TPSA) is 88.3 Å². The Morgan fingerprint density at radius 2 is 2.27 bits per heavy atom. The van der Waals surface area contributed by atoms with Crippen molar-refractivity contribution in [2.45, 2.75) is 12.1 Å². The molecule has 2 rings (SSSR count). The Balaban J connectivity index is 1.96. The molecule has 0 unspecified atom stereocenters. The lowest BCUT2D eigenvalue weighted by molar-refractivity contribution is 1.01. The van der Waals surface area contributed by atoms with Gasteiger partial charge < -0.3 is 0 Å². The van der Waals surface area contributed by atoms with Gasteiger partial charge in [0.05, 0.1) is 0 Å². The summed E-state index contributed by atoms with van der Waals surface area (Å²) in [6.45, 7) is 1.86. The molecule has 0 amide bonds. The minimum atomic E-state index is 0.390. The van der Waals surface area contributed by atoms with E-state index in [-0.39, 0.29) is 0 Å². The SMILES string of the molecule is Cc1nnc(NN=Nc2nc(S)ns2)s1. The van der Waals surface area contributed by atoms with Gasteiger partial charge in [0.25, 0.3) is 5.13 Å². The van der Waals surface area contributed by atoms with Gasteiger partial charge in [0.1, 0.15) is 5.01 Å². The highest BCUT2D eigenvalue weighted by Gasteiger charge is 1.99. The summed E-state index contributed by atoms with van der Waals surface area (Å²) in [5.41, 5.74) is 2.64. The zero-order valence-corrected chi connectivity index (χ0v) is 9.97. The van der Waals surface area contributed by atoms with Crippen LogP contribution >= 0.6 is 35.5 Å². The summed E-state index contributed by atoms with van der Waals surface area (Å²) in [6, 6.07) is 0. The fraction of sp³-hybridized carbons (Fsp3) is 0.200. The van der Waals surface area contributed by atoms with Crippen molar-refractivity contribution in [3.8, 4) is 0 Å². The largest absolute Gasteiger partial charge is 0.251 e. The number of hydrogen-bond acceptors (Lipinski definition) is 9. The lowest BCUT2D eigenvalue weighted by Gasteiger charge is -1.86. The van der Waals surface area contributed by atoms with Gasteiger partial charge in [-0.05, 0) is 6.92 Å². The molecule has 0 spiro atoms. The summed E-state index contributed by atoms with van der Waals surface area (Å²) >= 11 is 6.46. The van der Waals surface area contributed by atoms with E-state index in [0.29, 0.717) is 15.4 Å². The van der Waals surface area contributed by atoms with E-state index in [1.807, 2.05) is 6.92 Å². The first-order chi connectivity index (χ1) is 7.24. The summed E-state index contributed by atoms with van der Waals surface area (Å²) in [7, 11) is 0. The predicted octanol–water partition coefficient (Wildman–Crippen LogP) is 2.10. The fourth-order valence-electron chi connectivity index (χ4n) is 0.701. The van der Waals surface area contributed by atoms with Crippen LogP contribution in [0.1, 0.15) is 5.01 Å². The van der Waals surface area contributed by atoms with Crippen molar-refractivity contribution < 1.29 is 0 Å². The molecule has 78 valence electrons. The first kappa shape index (κ1) is 10.4. The molecule has 1 N–H and O–H groups in total. The Morgan fingerprint density at radius 3 is 2.87 bits per heavy atom. The number of aromatic nitrogens is 4. The normalized spacial score (nSPS) is 11.1. The molecule has 0 saturated heterocycles. The van der Waals surface area contributed by atoms with Gasteiger partial charge in [0.15, 0.2) is 5.16 Å². The smallest absolute Gasteiger partial charge is 0.232 e. The average molecular weight is 259 g/mol. The molecular formula is C5H5N7S3. The Labute approximate surface area is 98.2 Å². The van der Waals surface area contributed by atoms with Crippen LogP contribution in [-0.2, 0) is 0 Å². The Kier molecular flexibility index (Phi) is 3.18. The van der Waals surface area contributed by atoms with Crippen LogP contribution in [0.25, 0.3) is 0 Å². The minimum Gasteiger partial charge on any atom is -0.232 e. The maximum absolute atomic E-state index is 3.95. The molecule has 2 heterocycles. The second kappa shape index (κ2) is 4.59. The number of anilines is 1. The van der Waals surface area contributed by atoms with Crippen LogP contribution in [0.4, 0.5) is 10.3 Å². The van der Waals surface area contributed by atoms with Crippen LogP contribution < -0.4 is 5.43 Å². The quantitative estimate of drug-likeness (QED) is 0.500. The van der Waals surface area contributed by atoms with Crippen molar-refractivity contribution in [2.75, 3.05) is 5.43 Å². The van der Waals surface area contributed by atoms with E-state index in [1.165, 1.54) is 11.3 Å². The van der Waals surface area contributed by atoms with E-state index >= 15 is 0 Å².